The van der Waals surface area contributed by atoms with E-state index in [2.05, 4.69) is 25.0 Å². The molecule has 0 saturated heterocycles. The number of aromatic nitrogens is 6. The van der Waals surface area contributed by atoms with Crippen molar-refractivity contribution in [3.05, 3.63) is 101 Å². The van der Waals surface area contributed by atoms with Crippen LogP contribution in [0.2, 0.25) is 0 Å². The number of hydrogen-bond donors (Lipinski definition) is 1. The number of fused-ring (bicyclic) bond motifs is 1. The molecule has 0 radical (unpaired) electrons. The molecule has 1 aromatic carbocycles. The van der Waals surface area contributed by atoms with Gasteiger partial charge in [0, 0.05) is 24.4 Å². The first kappa shape index (κ1) is 21.6. The standard InChI is InChI=1S/C23H18N6O4S/c1-15-2-4-16(5-3-15)34(32,33)29-18-12-23(19-7-10-24-13-26-19,20-8-11-25-14-27-20)9-6-17(18)21(28-29)22(30)31/h2-11,13-14H,12H2,1H3,(H,30,31). The van der Waals surface area contributed by atoms with Gasteiger partial charge >= 0.3 is 5.97 Å². The minimum Gasteiger partial charge on any atom is -0.476 e. The van der Waals surface area contributed by atoms with Gasteiger partial charge in [0.05, 0.1) is 27.4 Å². The van der Waals surface area contributed by atoms with Crippen molar-refractivity contribution in [2.75, 3.05) is 0 Å². The molecule has 0 bridgehead atoms. The Balaban J connectivity index is 1.76. The van der Waals surface area contributed by atoms with Crippen molar-refractivity contribution >= 4 is 22.1 Å². The van der Waals surface area contributed by atoms with Crippen molar-refractivity contribution in [1.82, 2.24) is 29.1 Å². The molecule has 34 heavy (non-hydrogen) atoms. The molecule has 1 N–H and O–H groups in total. The van der Waals surface area contributed by atoms with E-state index in [1.807, 2.05) is 6.92 Å². The van der Waals surface area contributed by atoms with Crippen LogP contribution in [-0.4, -0.2) is 48.6 Å². The molecule has 1 aliphatic rings. The van der Waals surface area contributed by atoms with Crippen LogP contribution in [0.1, 0.15) is 38.7 Å². The van der Waals surface area contributed by atoms with E-state index >= 15 is 0 Å². The number of nitrogens with zero attached hydrogens (tertiary/aromatic N) is 6. The molecule has 0 unspecified atom stereocenters. The Labute approximate surface area is 194 Å². The van der Waals surface area contributed by atoms with Gasteiger partial charge in [-0.25, -0.2) is 24.7 Å². The minimum absolute atomic E-state index is 0.00423. The lowest BCUT2D eigenvalue weighted by atomic mass is 9.73. The Kier molecular flexibility index (Phi) is 5.05. The van der Waals surface area contributed by atoms with Gasteiger partial charge in [-0.1, -0.05) is 29.8 Å². The van der Waals surface area contributed by atoms with Crippen LogP contribution in [0.3, 0.4) is 0 Å². The van der Waals surface area contributed by atoms with E-state index in [1.54, 1.807) is 48.8 Å². The maximum atomic E-state index is 13.6. The van der Waals surface area contributed by atoms with Crippen LogP contribution < -0.4 is 0 Å². The van der Waals surface area contributed by atoms with E-state index in [4.69, 9.17) is 0 Å². The van der Waals surface area contributed by atoms with Gasteiger partial charge < -0.3 is 5.11 Å². The highest BCUT2D eigenvalue weighted by Gasteiger charge is 2.42. The number of carboxylic acid groups (broad SMARTS) is 1. The summed E-state index contributed by atoms with van der Waals surface area (Å²) in [6.45, 7) is 1.84. The molecule has 3 heterocycles. The van der Waals surface area contributed by atoms with Crippen LogP contribution in [0.5, 0.6) is 0 Å². The largest absolute Gasteiger partial charge is 0.476 e. The quantitative estimate of drug-likeness (QED) is 0.461. The summed E-state index contributed by atoms with van der Waals surface area (Å²) in [7, 11) is -4.18. The SMILES string of the molecule is Cc1ccc(S(=O)(=O)n2nc(C(=O)O)c3c2CC(c2ccncn2)(c2ccncn2)C=C3)cc1. The maximum absolute atomic E-state index is 13.6. The van der Waals surface area contributed by atoms with Gasteiger partial charge in [-0.15, -0.1) is 5.10 Å². The summed E-state index contributed by atoms with van der Waals surface area (Å²) in [4.78, 5) is 28.7. The third kappa shape index (κ3) is 3.37. The molecule has 11 heteroatoms. The van der Waals surface area contributed by atoms with E-state index < -0.39 is 21.4 Å². The van der Waals surface area contributed by atoms with Gasteiger partial charge in [-0.05, 0) is 31.2 Å². The average Bonchev–Trinajstić information content (AvgIpc) is 3.25. The van der Waals surface area contributed by atoms with E-state index in [-0.39, 0.29) is 28.3 Å². The summed E-state index contributed by atoms with van der Waals surface area (Å²) in [5, 5.41) is 13.8. The van der Waals surface area contributed by atoms with Gasteiger partial charge in [0.2, 0.25) is 0 Å². The number of allylic oxidation sites excluding steroid dienone is 1. The molecule has 4 aromatic rings. The molecular weight excluding hydrogens is 456 g/mol. The summed E-state index contributed by atoms with van der Waals surface area (Å²) in [6.07, 6.45) is 9.35. The van der Waals surface area contributed by atoms with Gasteiger partial charge in [0.25, 0.3) is 10.0 Å². The Morgan fingerprint density at radius 3 is 2.15 bits per heavy atom. The highest BCUT2D eigenvalue weighted by atomic mass is 32.2. The molecule has 10 nitrogen and oxygen atoms in total. The number of hydrogen-bond acceptors (Lipinski definition) is 8. The molecule has 170 valence electrons. The third-order valence-corrected chi connectivity index (χ3v) is 7.42. The molecule has 5 rings (SSSR count). The lowest BCUT2D eigenvalue weighted by Gasteiger charge is -2.32. The monoisotopic (exact) mass is 474 g/mol. The summed E-state index contributed by atoms with van der Waals surface area (Å²) in [5.74, 6) is -1.32. The van der Waals surface area contributed by atoms with Crippen LogP contribution in [0, 0.1) is 6.92 Å². The van der Waals surface area contributed by atoms with Crippen molar-refractivity contribution < 1.29 is 18.3 Å². The zero-order valence-corrected chi connectivity index (χ0v) is 18.7. The number of carboxylic acids is 1. The molecule has 0 atom stereocenters. The van der Waals surface area contributed by atoms with E-state index in [1.165, 1.54) is 24.8 Å². The number of aromatic carboxylic acids is 1. The molecule has 0 aliphatic heterocycles. The lowest BCUT2D eigenvalue weighted by molar-refractivity contribution is 0.0690. The highest BCUT2D eigenvalue weighted by molar-refractivity contribution is 7.89. The Morgan fingerprint density at radius 2 is 1.62 bits per heavy atom. The van der Waals surface area contributed by atoms with E-state index in [0.717, 1.165) is 9.65 Å². The van der Waals surface area contributed by atoms with Crippen LogP contribution in [0.25, 0.3) is 6.08 Å². The minimum atomic E-state index is -4.18. The molecule has 0 saturated carbocycles. The molecule has 0 amide bonds. The Bertz CT molecular complexity index is 1480. The first-order valence-electron chi connectivity index (χ1n) is 10.2. The Morgan fingerprint density at radius 1 is 1.00 bits per heavy atom. The predicted octanol–water partition coefficient (Wildman–Crippen LogP) is 2.26. The second kappa shape index (κ2) is 7.96. The number of benzene rings is 1. The number of rotatable bonds is 5. The predicted molar refractivity (Wildman–Crippen MR) is 121 cm³/mol. The first-order valence-corrected chi connectivity index (χ1v) is 11.7. The van der Waals surface area contributed by atoms with Crippen LogP contribution in [0.15, 0.2) is 72.4 Å². The third-order valence-electron chi connectivity index (χ3n) is 5.80. The molecule has 0 fully saturated rings. The smallest absolute Gasteiger partial charge is 0.357 e. The van der Waals surface area contributed by atoms with Crippen LogP contribution >= 0.6 is 0 Å². The fourth-order valence-electron chi connectivity index (χ4n) is 4.09. The number of aryl methyl sites for hydroxylation is 1. The molecule has 1 aliphatic carbocycles. The van der Waals surface area contributed by atoms with Crippen molar-refractivity contribution in [3.8, 4) is 0 Å². The Hall–Kier alpha value is -4.25. The molecular formula is C23H18N6O4S. The topological polar surface area (TPSA) is 141 Å². The maximum Gasteiger partial charge on any atom is 0.357 e. The summed E-state index contributed by atoms with van der Waals surface area (Å²) >= 11 is 0. The highest BCUT2D eigenvalue weighted by Crippen LogP contribution is 2.41. The van der Waals surface area contributed by atoms with Crippen LogP contribution in [-0.2, 0) is 21.9 Å². The zero-order chi connectivity index (χ0) is 23.9. The summed E-state index contributed by atoms with van der Waals surface area (Å²) in [5.41, 5.74) is 1.14. The van der Waals surface area contributed by atoms with E-state index in [0.29, 0.717) is 11.4 Å². The second-order valence-corrected chi connectivity index (χ2v) is 9.61. The van der Waals surface area contributed by atoms with Crippen molar-refractivity contribution in [2.24, 2.45) is 0 Å². The number of carbonyl (C=O) groups is 1. The van der Waals surface area contributed by atoms with Crippen molar-refractivity contribution in [2.45, 2.75) is 23.7 Å². The van der Waals surface area contributed by atoms with Crippen molar-refractivity contribution in [3.63, 3.8) is 0 Å². The van der Waals surface area contributed by atoms with Gasteiger partial charge in [0.1, 0.15) is 12.7 Å². The first-order chi connectivity index (χ1) is 16.3. The van der Waals surface area contributed by atoms with Gasteiger partial charge in [-0.2, -0.15) is 12.5 Å². The molecule has 3 aromatic heterocycles. The molecule has 0 spiro atoms. The van der Waals surface area contributed by atoms with Gasteiger partial charge in [0.15, 0.2) is 5.69 Å². The lowest BCUT2D eigenvalue weighted by Crippen LogP contribution is -2.34. The fraction of sp³-hybridized carbons (Fsp3) is 0.130. The van der Waals surface area contributed by atoms with Crippen LogP contribution in [0.4, 0.5) is 0 Å². The fourth-order valence-corrected chi connectivity index (χ4v) is 5.41. The zero-order valence-electron chi connectivity index (χ0n) is 17.9. The van der Waals surface area contributed by atoms with Crippen molar-refractivity contribution in [1.29, 1.82) is 0 Å². The summed E-state index contributed by atoms with van der Waals surface area (Å²) < 4.78 is 28.0. The van der Waals surface area contributed by atoms with E-state index in [9.17, 15) is 18.3 Å². The normalized spacial score (nSPS) is 14.5. The average molecular weight is 475 g/mol. The summed E-state index contributed by atoms with van der Waals surface area (Å²) in [6, 6.07) is 9.72. The second-order valence-electron chi connectivity index (χ2n) is 7.85. The van der Waals surface area contributed by atoms with Gasteiger partial charge in [-0.3, -0.25) is 0 Å².